The standard InChI is InChI=1S/C22H19NO3/c1-23-17-4-2-3-15(9-17)16-6-7-20-18(10-16)19(24)12-22(26-20)11-14-5-8-21(22)25-13-14/h2-4,6-7,9-10,14,21H,5,8,11-13H2. The molecular formula is C22H19NO3. The highest BCUT2D eigenvalue weighted by atomic mass is 16.6. The molecule has 26 heavy (non-hydrogen) atoms. The summed E-state index contributed by atoms with van der Waals surface area (Å²) in [6, 6.07) is 13.2. The molecule has 3 aliphatic heterocycles. The first kappa shape index (κ1) is 15.6. The van der Waals surface area contributed by atoms with Gasteiger partial charge in [-0.05, 0) is 54.5 Å². The van der Waals surface area contributed by atoms with Crippen LogP contribution in [0.2, 0.25) is 0 Å². The van der Waals surface area contributed by atoms with Crippen LogP contribution in [0.5, 0.6) is 5.75 Å². The zero-order chi connectivity index (χ0) is 17.7. The number of carbonyl (C=O) groups excluding carboxylic acids is 1. The Hall–Kier alpha value is -2.64. The van der Waals surface area contributed by atoms with Gasteiger partial charge in [0.05, 0.1) is 31.3 Å². The van der Waals surface area contributed by atoms with Gasteiger partial charge in [0, 0.05) is 0 Å². The van der Waals surface area contributed by atoms with E-state index in [1.54, 1.807) is 6.07 Å². The lowest BCUT2D eigenvalue weighted by Crippen LogP contribution is -2.60. The molecule has 1 spiro atoms. The molecule has 130 valence electrons. The highest BCUT2D eigenvalue weighted by molar-refractivity contribution is 6.01. The SMILES string of the molecule is [C-]#[N+]c1cccc(-c2ccc3c(c2)C(=O)CC2(CC4CCC2OC4)O3)c1. The third-order valence-electron chi connectivity index (χ3n) is 5.95. The first-order chi connectivity index (χ1) is 12.7. The molecule has 3 heterocycles. The number of ketones is 1. The molecule has 2 aromatic carbocycles. The molecule has 4 aliphatic rings. The molecule has 4 nitrogen and oxygen atoms in total. The molecule has 3 fully saturated rings. The van der Waals surface area contributed by atoms with Crippen molar-refractivity contribution >= 4 is 11.5 Å². The fourth-order valence-electron chi connectivity index (χ4n) is 4.69. The normalized spacial score (nSPS) is 29.1. The van der Waals surface area contributed by atoms with Crippen LogP contribution in [0.25, 0.3) is 16.0 Å². The van der Waals surface area contributed by atoms with Crippen molar-refractivity contribution in [3.8, 4) is 16.9 Å². The van der Waals surface area contributed by atoms with E-state index in [-0.39, 0.29) is 11.9 Å². The van der Waals surface area contributed by atoms with Gasteiger partial charge >= 0.3 is 0 Å². The molecule has 1 saturated carbocycles. The van der Waals surface area contributed by atoms with Crippen molar-refractivity contribution in [3.63, 3.8) is 0 Å². The molecule has 3 atom stereocenters. The van der Waals surface area contributed by atoms with E-state index in [0.29, 0.717) is 29.3 Å². The summed E-state index contributed by atoms with van der Waals surface area (Å²) in [6.45, 7) is 7.97. The maximum atomic E-state index is 13.0. The summed E-state index contributed by atoms with van der Waals surface area (Å²) in [7, 11) is 0. The van der Waals surface area contributed by atoms with Gasteiger partial charge in [0.1, 0.15) is 11.4 Å². The Kier molecular flexibility index (Phi) is 3.41. The number of nitrogens with zero attached hydrogens (tertiary/aromatic N) is 1. The van der Waals surface area contributed by atoms with E-state index in [4.69, 9.17) is 16.0 Å². The van der Waals surface area contributed by atoms with Crippen molar-refractivity contribution in [2.45, 2.75) is 37.4 Å². The van der Waals surface area contributed by atoms with E-state index in [1.165, 1.54) is 6.42 Å². The average Bonchev–Trinajstić information content (AvgIpc) is 2.68. The van der Waals surface area contributed by atoms with E-state index < -0.39 is 5.60 Å². The Morgan fingerprint density at radius 2 is 2.00 bits per heavy atom. The minimum atomic E-state index is -0.475. The number of Topliss-reactive ketones (excluding diaryl/α,β-unsaturated/α-hetero) is 1. The molecule has 1 aliphatic carbocycles. The molecule has 0 aromatic heterocycles. The smallest absolute Gasteiger partial charge is 0.187 e. The van der Waals surface area contributed by atoms with Gasteiger partial charge in [-0.25, -0.2) is 4.85 Å². The van der Waals surface area contributed by atoms with Crippen LogP contribution in [0.3, 0.4) is 0 Å². The maximum Gasteiger partial charge on any atom is 0.187 e. The highest BCUT2D eigenvalue weighted by Crippen LogP contribution is 2.48. The minimum absolute atomic E-state index is 0.0274. The van der Waals surface area contributed by atoms with Gasteiger partial charge in [0.25, 0.3) is 0 Å². The van der Waals surface area contributed by atoms with Gasteiger partial charge in [-0.1, -0.05) is 24.3 Å². The lowest BCUT2D eigenvalue weighted by atomic mass is 9.70. The van der Waals surface area contributed by atoms with Crippen LogP contribution < -0.4 is 4.74 Å². The second kappa shape index (κ2) is 5.69. The summed E-state index contributed by atoms with van der Waals surface area (Å²) in [5, 5.41) is 0. The number of benzene rings is 2. The zero-order valence-corrected chi connectivity index (χ0v) is 14.4. The second-order valence-electron chi connectivity index (χ2n) is 7.61. The van der Waals surface area contributed by atoms with Gasteiger partial charge in [-0.3, -0.25) is 4.79 Å². The molecule has 4 heteroatoms. The lowest BCUT2D eigenvalue weighted by molar-refractivity contribution is -0.183. The summed E-state index contributed by atoms with van der Waals surface area (Å²) in [5.74, 6) is 1.30. The van der Waals surface area contributed by atoms with E-state index in [1.807, 2.05) is 36.4 Å². The number of hydrogen-bond acceptors (Lipinski definition) is 3. The minimum Gasteiger partial charge on any atom is -0.483 e. The molecule has 0 N–H and O–H groups in total. The van der Waals surface area contributed by atoms with Crippen molar-refractivity contribution in [1.82, 2.24) is 0 Å². The monoisotopic (exact) mass is 345 g/mol. The van der Waals surface area contributed by atoms with Crippen LogP contribution in [0.4, 0.5) is 5.69 Å². The number of fused-ring (bicyclic) bond motifs is 3. The van der Waals surface area contributed by atoms with E-state index >= 15 is 0 Å². The molecule has 6 rings (SSSR count). The number of rotatable bonds is 1. The van der Waals surface area contributed by atoms with Crippen molar-refractivity contribution in [1.29, 1.82) is 0 Å². The van der Waals surface area contributed by atoms with Crippen LogP contribution in [0.15, 0.2) is 42.5 Å². The quantitative estimate of drug-likeness (QED) is 0.697. The average molecular weight is 345 g/mol. The van der Waals surface area contributed by atoms with Crippen LogP contribution in [0.1, 0.15) is 36.0 Å². The largest absolute Gasteiger partial charge is 0.483 e. The summed E-state index contributed by atoms with van der Waals surface area (Å²) >= 11 is 0. The molecule has 3 unspecified atom stereocenters. The van der Waals surface area contributed by atoms with Gasteiger partial charge in [-0.15, -0.1) is 0 Å². The maximum absolute atomic E-state index is 13.0. The Balaban J connectivity index is 1.51. The molecule has 2 saturated heterocycles. The Bertz CT molecular complexity index is 937. The van der Waals surface area contributed by atoms with Crippen LogP contribution in [-0.2, 0) is 4.74 Å². The van der Waals surface area contributed by atoms with Crippen molar-refractivity contribution in [3.05, 3.63) is 59.4 Å². The van der Waals surface area contributed by atoms with Crippen molar-refractivity contribution in [2.24, 2.45) is 5.92 Å². The highest BCUT2D eigenvalue weighted by Gasteiger charge is 2.53. The molecule has 2 aromatic rings. The van der Waals surface area contributed by atoms with Crippen LogP contribution in [-0.4, -0.2) is 24.1 Å². The third kappa shape index (κ3) is 2.35. The van der Waals surface area contributed by atoms with Gasteiger partial charge in [-0.2, -0.15) is 0 Å². The summed E-state index contributed by atoms with van der Waals surface area (Å²) in [5.41, 5.74) is 2.63. The Morgan fingerprint density at radius 1 is 1.12 bits per heavy atom. The summed E-state index contributed by atoms with van der Waals surface area (Å²) in [6.07, 6.45) is 3.49. The molecule has 0 radical (unpaired) electrons. The van der Waals surface area contributed by atoms with Crippen molar-refractivity contribution in [2.75, 3.05) is 6.61 Å². The van der Waals surface area contributed by atoms with Gasteiger partial charge in [0.15, 0.2) is 11.5 Å². The number of carbonyl (C=O) groups is 1. The fraction of sp³-hybridized carbons (Fsp3) is 0.364. The first-order valence-electron chi connectivity index (χ1n) is 9.13. The Morgan fingerprint density at radius 3 is 2.73 bits per heavy atom. The van der Waals surface area contributed by atoms with Gasteiger partial charge < -0.3 is 9.47 Å². The lowest BCUT2D eigenvalue weighted by Gasteiger charge is -2.52. The van der Waals surface area contributed by atoms with Crippen LogP contribution in [0, 0.1) is 12.5 Å². The molecule has 2 bridgehead atoms. The topological polar surface area (TPSA) is 39.9 Å². The second-order valence-corrected chi connectivity index (χ2v) is 7.61. The number of hydrogen-bond donors (Lipinski definition) is 0. The third-order valence-corrected chi connectivity index (χ3v) is 5.95. The predicted octanol–water partition coefficient (Wildman–Crippen LogP) is 4.81. The zero-order valence-electron chi connectivity index (χ0n) is 14.4. The van der Waals surface area contributed by atoms with Crippen molar-refractivity contribution < 1.29 is 14.3 Å². The van der Waals surface area contributed by atoms with E-state index in [9.17, 15) is 4.79 Å². The number of ether oxygens (including phenoxy) is 2. The molecular weight excluding hydrogens is 326 g/mol. The van der Waals surface area contributed by atoms with E-state index in [0.717, 1.165) is 30.6 Å². The predicted molar refractivity (Wildman–Crippen MR) is 97.5 cm³/mol. The fourth-order valence-corrected chi connectivity index (χ4v) is 4.69. The Labute approximate surface area is 152 Å². The summed E-state index contributed by atoms with van der Waals surface area (Å²) in [4.78, 5) is 16.4. The first-order valence-corrected chi connectivity index (χ1v) is 9.13. The van der Waals surface area contributed by atoms with E-state index in [2.05, 4.69) is 4.85 Å². The van der Waals surface area contributed by atoms with Crippen LogP contribution >= 0.6 is 0 Å². The summed E-state index contributed by atoms with van der Waals surface area (Å²) < 4.78 is 12.4. The molecule has 0 amide bonds. The van der Waals surface area contributed by atoms with Gasteiger partial charge in [0.2, 0.25) is 0 Å².